The number of benzene rings is 2. The highest BCUT2D eigenvalue weighted by Crippen LogP contribution is 2.41. The number of alkyl halides is 1. The van der Waals surface area contributed by atoms with Gasteiger partial charge in [0.25, 0.3) is 0 Å². The van der Waals surface area contributed by atoms with Gasteiger partial charge in [0, 0.05) is 9.30 Å². The molecule has 0 aromatic heterocycles. The van der Waals surface area contributed by atoms with Gasteiger partial charge >= 0.3 is 0 Å². The molecule has 0 saturated carbocycles. The van der Waals surface area contributed by atoms with Crippen LogP contribution in [0.15, 0.2) is 46.9 Å². The monoisotopic (exact) mass is 410 g/mol. The lowest BCUT2D eigenvalue weighted by Gasteiger charge is -2.22. The van der Waals surface area contributed by atoms with Gasteiger partial charge in [-0.25, -0.2) is 4.39 Å². The van der Waals surface area contributed by atoms with Crippen molar-refractivity contribution in [2.75, 3.05) is 0 Å². The second kappa shape index (κ2) is 6.62. The van der Waals surface area contributed by atoms with E-state index >= 15 is 0 Å². The van der Waals surface area contributed by atoms with E-state index in [1.54, 1.807) is 6.07 Å². The molecular formula is C18H17Br2F. The largest absolute Gasteiger partial charge is 0.207 e. The van der Waals surface area contributed by atoms with Crippen LogP contribution in [0.4, 0.5) is 4.39 Å². The third-order valence-electron chi connectivity index (χ3n) is 4.28. The molecule has 0 radical (unpaired) electrons. The number of aryl methyl sites for hydroxylation is 1. The summed E-state index contributed by atoms with van der Waals surface area (Å²) in [4.78, 5) is 0.305. The first-order chi connectivity index (χ1) is 10.1. The molecule has 2 aromatic carbocycles. The van der Waals surface area contributed by atoms with E-state index in [-0.39, 0.29) is 5.82 Å². The van der Waals surface area contributed by atoms with Crippen molar-refractivity contribution in [1.82, 2.24) is 0 Å². The minimum Gasteiger partial charge on any atom is -0.207 e. The van der Waals surface area contributed by atoms with Crippen LogP contribution in [0.1, 0.15) is 34.4 Å². The fourth-order valence-corrected chi connectivity index (χ4v) is 4.39. The summed E-state index contributed by atoms with van der Waals surface area (Å²) in [6.45, 7) is 0. The van der Waals surface area contributed by atoms with Gasteiger partial charge in [0.2, 0.25) is 0 Å². The minimum atomic E-state index is -0.110. The van der Waals surface area contributed by atoms with Gasteiger partial charge in [-0.3, -0.25) is 0 Å². The van der Waals surface area contributed by atoms with E-state index < -0.39 is 0 Å². The fraction of sp³-hybridized carbons (Fsp3) is 0.333. The summed E-state index contributed by atoms with van der Waals surface area (Å²) in [5.74, 6) is 0.325. The highest BCUT2D eigenvalue weighted by Gasteiger charge is 2.26. The molecule has 2 aromatic rings. The summed E-state index contributed by atoms with van der Waals surface area (Å²) in [7, 11) is 0. The number of halogens is 3. The molecule has 0 fully saturated rings. The molecule has 0 N–H and O–H groups in total. The third-order valence-corrected chi connectivity index (χ3v) is 6.02. The van der Waals surface area contributed by atoms with E-state index in [0.29, 0.717) is 10.7 Å². The highest BCUT2D eigenvalue weighted by molar-refractivity contribution is 9.10. The summed E-state index contributed by atoms with van der Waals surface area (Å²) in [5.41, 5.74) is 3.61. The van der Waals surface area contributed by atoms with Gasteiger partial charge in [-0.15, -0.1) is 0 Å². The van der Waals surface area contributed by atoms with Crippen LogP contribution >= 0.6 is 31.9 Å². The lowest BCUT2D eigenvalue weighted by Crippen LogP contribution is -2.11. The van der Waals surface area contributed by atoms with E-state index in [2.05, 4.69) is 56.1 Å². The number of hydrogen-bond acceptors (Lipinski definition) is 0. The Kier molecular flexibility index (Phi) is 4.80. The Morgan fingerprint density at radius 2 is 1.95 bits per heavy atom. The van der Waals surface area contributed by atoms with Crippen molar-refractivity contribution in [2.45, 2.75) is 30.5 Å². The molecule has 2 unspecified atom stereocenters. The molecule has 3 rings (SSSR count). The van der Waals surface area contributed by atoms with Crippen LogP contribution in [0, 0.1) is 11.7 Å². The molecule has 0 saturated heterocycles. The van der Waals surface area contributed by atoms with Gasteiger partial charge < -0.3 is 0 Å². The van der Waals surface area contributed by atoms with E-state index in [1.807, 2.05) is 12.1 Å². The zero-order chi connectivity index (χ0) is 14.8. The van der Waals surface area contributed by atoms with Crippen molar-refractivity contribution in [3.8, 4) is 0 Å². The molecule has 110 valence electrons. The first-order valence-corrected chi connectivity index (χ1v) is 9.02. The van der Waals surface area contributed by atoms with Crippen molar-refractivity contribution in [3.63, 3.8) is 0 Å². The Balaban J connectivity index is 1.86. The summed E-state index contributed by atoms with van der Waals surface area (Å²) in [6.07, 6.45) is 4.20. The normalized spacial score (nSPS) is 21.7. The van der Waals surface area contributed by atoms with E-state index in [0.717, 1.165) is 29.3 Å². The average molecular weight is 412 g/mol. The molecule has 1 aliphatic rings. The van der Waals surface area contributed by atoms with Crippen LogP contribution in [0.2, 0.25) is 0 Å². The van der Waals surface area contributed by atoms with Crippen LogP contribution in [-0.4, -0.2) is 0 Å². The predicted molar refractivity (Wildman–Crippen MR) is 92.3 cm³/mol. The Morgan fingerprint density at radius 1 is 1.14 bits per heavy atom. The first kappa shape index (κ1) is 15.2. The fourth-order valence-electron chi connectivity index (χ4n) is 3.16. The predicted octanol–water partition coefficient (Wildman–Crippen LogP) is 6.22. The van der Waals surface area contributed by atoms with Gasteiger partial charge in [0.1, 0.15) is 5.82 Å². The van der Waals surface area contributed by atoms with Crippen molar-refractivity contribution >= 4 is 31.9 Å². The Bertz CT molecular complexity index is 639. The Labute approximate surface area is 142 Å². The zero-order valence-electron chi connectivity index (χ0n) is 11.7. The zero-order valence-corrected chi connectivity index (χ0v) is 14.8. The number of rotatable bonds is 2. The third kappa shape index (κ3) is 3.40. The smallest absolute Gasteiger partial charge is 0.127 e. The second-order valence-corrected chi connectivity index (χ2v) is 7.59. The maximum absolute atomic E-state index is 14.1. The van der Waals surface area contributed by atoms with Crippen LogP contribution < -0.4 is 0 Å². The molecular weight excluding hydrogens is 395 g/mol. The van der Waals surface area contributed by atoms with Crippen molar-refractivity contribution in [2.24, 2.45) is 5.92 Å². The molecule has 3 heteroatoms. The highest BCUT2D eigenvalue weighted by atomic mass is 79.9. The Hall–Kier alpha value is -0.670. The summed E-state index contributed by atoms with van der Waals surface area (Å²) in [5, 5.41) is 0. The molecule has 0 amide bonds. The van der Waals surface area contributed by atoms with E-state index in [1.165, 1.54) is 17.5 Å². The maximum Gasteiger partial charge on any atom is 0.127 e. The van der Waals surface area contributed by atoms with E-state index in [9.17, 15) is 4.39 Å². The molecule has 0 heterocycles. The van der Waals surface area contributed by atoms with Crippen LogP contribution in [0.3, 0.4) is 0 Å². The Morgan fingerprint density at radius 3 is 2.76 bits per heavy atom. The van der Waals surface area contributed by atoms with Crippen molar-refractivity contribution in [3.05, 3.63) is 69.4 Å². The van der Waals surface area contributed by atoms with Gasteiger partial charge in [0.15, 0.2) is 0 Å². The lowest BCUT2D eigenvalue weighted by molar-refractivity contribution is 0.463. The molecule has 1 aliphatic carbocycles. The molecule has 0 spiro atoms. The topological polar surface area (TPSA) is 0 Å². The van der Waals surface area contributed by atoms with Crippen LogP contribution in [0.25, 0.3) is 0 Å². The van der Waals surface area contributed by atoms with E-state index in [4.69, 9.17) is 0 Å². The molecule has 0 bridgehead atoms. The number of hydrogen-bond donors (Lipinski definition) is 0. The SMILES string of the molecule is Fc1cc(Br)ccc1CC1CCCc2ccccc2C1Br. The van der Waals surface area contributed by atoms with Crippen molar-refractivity contribution in [1.29, 1.82) is 0 Å². The minimum absolute atomic E-state index is 0.110. The van der Waals surface area contributed by atoms with Gasteiger partial charge in [-0.2, -0.15) is 0 Å². The second-order valence-electron chi connectivity index (χ2n) is 5.69. The molecule has 0 aliphatic heterocycles. The molecule has 2 atom stereocenters. The average Bonchev–Trinajstić information content (AvgIpc) is 2.63. The summed E-state index contributed by atoms with van der Waals surface area (Å²) >= 11 is 7.19. The first-order valence-electron chi connectivity index (χ1n) is 7.31. The van der Waals surface area contributed by atoms with Crippen LogP contribution in [0.5, 0.6) is 0 Å². The quantitative estimate of drug-likeness (QED) is 0.406. The van der Waals surface area contributed by atoms with Gasteiger partial charge in [-0.1, -0.05) is 62.2 Å². The number of fused-ring (bicyclic) bond motifs is 1. The summed E-state index contributed by atoms with van der Waals surface area (Å²) < 4.78 is 14.9. The molecule has 0 nitrogen and oxygen atoms in total. The van der Waals surface area contributed by atoms with Crippen molar-refractivity contribution < 1.29 is 4.39 Å². The summed E-state index contributed by atoms with van der Waals surface area (Å²) in [6, 6.07) is 14.0. The van der Waals surface area contributed by atoms with Crippen LogP contribution in [-0.2, 0) is 12.8 Å². The lowest BCUT2D eigenvalue weighted by atomic mass is 9.90. The molecule has 21 heavy (non-hydrogen) atoms. The van der Waals surface area contributed by atoms with Gasteiger partial charge in [-0.05, 0) is 60.4 Å². The maximum atomic E-state index is 14.1. The standard InChI is InChI=1S/C18H17Br2F/c19-15-9-8-13(17(21)11-15)10-14-6-3-5-12-4-1-2-7-16(12)18(14)20/h1-2,4,7-9,11,14,18H,3,5-6,10H2. The van der Waals surface area contributed by atoms with Gasteiger partial charge in [0.05, 0.1) is 0 Å².